The van der Waals surface area contributed by atoms with E-state index in [0.717, 1.165) is 49.4 Å². The number of ketones is 1. The standard InChI is InChI=1S/C25H38O3/c1-16(5-10-23(27)28-4)20-8-9-21-19-7-6-17-15-18(26)11-13-24(17,2)22(19)12-14-25(20,21)3/h15-16,19-22H,5-14H2,1-4H3. The van der Waals surface area contributed by atoms with E-state index in [2.05, 4.69) is 20.8 Å². The Balaban J connectivity index is 1.51. The maximum atomic E-state index is 12.0. The number of hydrogen-bond donors (Lipinski definition) is 0. The van der Waals surface area contributed by atoms with Crippen LogP contribution in [0.5, 0.6) is 0 Å². The molecule has 7 atom stereocenters. The van der Waals surface area contributed by atoms with Crippen LogP contribution in [0.1, 0.15) is 85.0 Å². The molecule has 0 aromatic carbocycles. The minimum absolute atomic E-state index is 0.0679. The quantitative estimate of drug-likeness (QED) is 0.580. The van der Waals surface area contributed by atoms with E-state index in [1.807, 2.05) is 6.08 Å². The first-order valence-electron chi connectivity index (χ1n) is 11.6. The Kier molecular flexibility index (Phi) is 5.25. The first-order chi connectivity index (χ1) is 13.3. The van der Waals surface area contributed by atoms with Gasteiger partial charge in [-0.2, -0.15) is 0 Å². The number of ether oxygens (including phenoxy) is 1. The minimum Gasteiger partial charge on any atom is -0.469 e. The third-order valence-corrected chi connectivity index (χ3v) is 9.75. The van der Waals surface area contributed by atoms with Crippen LogP contribution in [0.3, 0.4) is 0 Å². The molecule has 0 aromatic rings. The molecule has 7 unspecified atom stereocenters. The Labute approximate surface area is 170 Å². The van der Waals surface area contributed by atoms with Crippen molar-refractivity contribution < 1.29 is 14.3 Å². The van der Waals surface area contributed by atoms with Gasteiger partial charge in [-0.1, -0.05) is 26.3 Å². The summed E-state index contributed by atoms with van der Waals surface area (Å²) in [6.07, 6.45) is 13.1. The maximum Gasteiger partial charge on any atom is 0.305 e. The van der Waals surface area contributed by atoms with E-state index in [1.54, 1.807) is 0 Å². The van der Waals surface area contributed by atoms with Crippen molar-refractivity contribution in [2.75, 3.05) is 7.11 Å². The lowest BCUT2D eigenvalue weighted by Crippen LogP contribution is -2.51. The van der Waals surface area contributed by atoms with Crippen LogP contribution < -0.4 is 0 Å². The van der Waals surface area contributed by atoms with Crippen LogP contribution in [0.4, 0.5) is 0 Å². The highest BCUT2D eigenvalue weighted by Crippen LogP contribution is 2.67. The second-order valence-electron chi connectivity index (χ2n) is 10.8. The van der Waals surface area contributed by atoms with Crippen LogP contribution in [0.25, 0.3) is 0 Å². The van der Waals surface area contributed by atoms with Gasteiger partial charge in [-0.25, -0.2) is 0 Å². The fourth-order valence-electron chi connectivity index (χ4n) is 8.18. The molecule has 0 amide bonds. The molecule has 3 heteroatoms. The molecule has 0 saturated heterocycles. The summed E-state index contributed by atoms with van der Waals surface area (Å²) in [4.78, 5) is 23.6. The average Bonchev–Trinajstić information content (AvgIpc) is 3.03. The van der Waals surface area contributed by atoms with Gasteiger partial charge in [0.2, 0.25) is 0 Å². The Hall–Kier alpha value is -1.12. The maximum absolute atomic E-state index is 12.0. The average molecular weight is 387 g/mol. The Morgan fingerprint density at radius 2 is 1.93 bits per heavy atom. The van der Waals surface area contributed by atoms with E-state index in [4.69, 9.17) is 4.74 Å². The van der Waals surface area contributed by atoms with Crippen LogP contribution in [-0.2, 0) is 14.3 Å². The predicted octanol–water partition coefficient (Wildman–Crippen LogP) is 5.72. The molecule has 0 bridgehead atoms. The van der Waals surface area contributed by atoms with Crippen molar-refractivity contribution >= 4 is 11.8 Å². The Morgan fingerprint density at radius 1 is 1.14 bits per heavy atom. The lowest BCUT2D eigenvalue weighted by atomic mass is 9.46. The van der Waals surface area contributed by atoms with Gasteiger partial charge in [0.25, 0.3) is 0 Å². The third-order valence-electron chi connectivity index (χ3n) is 9.75. The van der Waals surface area contributed by atoms with E-state index in [1.165, 1.54) is 44.8 Å². The normalized spacial score (nSPS) is 43.4. The van der Waals surface area contributed by atoms with E-state index >= 15 is 0 Å². The molecule has 0 radical (unpaired) electrons. The molecule has 4 aliphatic carbocycles. The Bertz CT molecular complexity index is 679. The number of fused-ring (bicyclic) bond motifs is 5. The minimum atomic E-state index is -0.0679. The number of methoxy groups -OCH3 is 1. The molecule has 0 aliphatic heterocycles. The third kappa shape index (κ3) is 3.08. The second kappa shape index (κ2) is 7.29. The molecule has 3 nitrogen and oxygen atoms in total. The van der Waals surface area contributed by atoms with Gasteiger partial charge in [0.05, 0.1) is 7.11 Å². The molecule has 28 heavy (non-hydrogen) atoms. The van der Waals surface area contributed by atoms with Crippen molar-refractivity contribution in [3.05, 3.63) is 11.6 Å². The van der Waals surface area contributed by atoms with Crippen molar-refractivity contribution in [3.8, 4) is 0 Å². The molecule has 156 valence electrons. The van der Waals surface area contributed by atoms with Crippen LogP contribution in [0.2, 0.25) is 0 Å². The largest absolute Gasteiger partial charge is 0.469 e. The van der Waals surface area contributed by atoms with Gasteiger partial charge >= 0.3 is 5.97 Å². The van der Waals surface area contributed by atoms with Crippen LogP contribution >= 0.6 is 0 Å². The van der Waals surface area contributed by atoms with Gasteiger partial charge in [0, 0.05) is 12.8 Å². The number of rotatable bonds is 4. The van der Waals surface area contributed by atoms with Crippen molar-refractivity contribution in [1.29, 1.82) is 0 Å². The summed E-state index contributed by atoms with van der Waals surface area (Å²) in [6, 6.07) is 0. The predicted molar refractivity (Wildman–Crippen MR) is 111 cm³/mol. The molecule has 3 saturated carbocycles. The number of carbonyl (C=O) groups is 2. The second-order valence-corrected chi connectivity index (χ2v) is 10.8. The van der Waals surface area contributed by atoms with E-state index in [0.29, 0.717) is 23.5 Å². The highest BCUT2D eigenvalue weighted by Gasteiger charge is 2.59. The smallest absolute Gasteiger partial charge is 0.305 e. The van der Waals surface area contributed by atoms with Crippen molar-refractivity contribution in [3.63, 3.8) is 0 Å². The van der Waals surface area contributed by atoms with Crippen molar-refractivity contribution in [1.82, 2.24) is 0 Å². The van der Waals surface area contributed by atoms with Gasteiger partial charge < -0.3 is 4.74 Å². The van der Waals surface area contributed by atoms with Crippen LogP contribution in [-0.4, -0.2) is 18.9 Å². The van der Waals surface area contributed by atoms with Gasteiger partial charge in [0.1, 0.15) is 0 Å². The number of carbonyl (C=O) groups excluding carboxylic acids is 2. The molecular weight excluding hydrogens is 348 g/mol. The van der Waals surface area contributed by atoms with Crippen molar-refractivity contribution in [2.45, 2.75) is 85.0 Å². The number of esters is 1. The molecule has 4 rings (SSSR count). The molecule has 0 heterocycles. The highest BCUT2D eigenvalue weighted by atomic mass is 16.5. The topological polar surface area (TPSA) is 43.4 Å². The zero-order valence-corrected chi connectivity index (χ0v) is 18.3. The summed E-state index contributed by atoms with van der Waals surface area (Å²) in [6.45, 7) is 7.40. The van der Waals surface area contributed by atoms with Crippen LogP contribution in [0, 0.1) is 40.4 Å². The zero-order valence-electron chi connectivity index (χ0n) is 18.3. The lowest BCUT2D eigenvalue weighted by Gasteiger charge is -2.58. The SMILES string of the molecule is COC(=O)CCC(C)C1CCC2C3CCC4=CC(=O)CCC4(C)C3CCC12C. The van der Waals surface area contributed by atoms with Gasteiger partial charge in [0.15, 0.2) is 5.78 Å². The van der Waals surface area contributed by atoms with Gasteiger partial charge in [-0.3, -0.25) is 9.59 Å². The zero-order chi connectivity index (χ0) is 20.1. The molecular formula is C25H38O3. The van der Waals surface area contributed by atoms with E-state index in [9.17, 15) is 9.59 Å². The molecule has 0 N–H and O–H groups in total. The van der Waals surface area contributed by atoms with E-state index in [-0.39, 0.29) is 11.4 Å². The fraction of sp³-hybridized carbons (Fsp3) is 0.840. The first-order valence-corrected chi connectivity index (χ1v) is 11.6. The van der Waals surface area contributed by atoms with Gasteiger partial charge in [-0.05, 0) is 97.9 Å². The summed E-state index contributed by atoms with van der Waals surface area (Å²) >= 11 is 0. The summed E-state index contributed by atoms with van der Waals surface area (Å²) in [5.41, 5.74) is 2.17. The summed E-state index contributed by atoms with van der Waals surface area (Å²) < 4.78 is 4.87. The molecule has 4 aliphatic rings. The van der Waals surface area contributed by atoms with Gasteiger partial charge in [-0.15, -0.1) is 0 Å². The fourth-order valence-corrected chi connectivity index (χ4v) is 8.18. The monoisotopic (exact) mass is 386 g/mol. The molecule has 0 spiro atoms. The summed E-state index contributed by atoms with van der Waals surface area (Å²) in [5.74, 6) is 4.03. The molecule has 0 aromatic heterocycles. The molecule has 3 fully saturated rings. The summed E-state index contributed by atoms with van der Waals surface area (Å²) in [7, 11) is 1.49. The first kappa shape index (κ1) is 20.2. The van der Waals surface area contributed by atoms with Crippen LogP contribution in [0.15, 0.2) is 11.6 Å². The van der Waals surface area contributed by atoms with Crippen molar-refractivity contribution in [2.24, 2.45) is 40.4 Å². The highest BCUT2D eigenvalue weighted by molar-refractivity contribution is 5.91. The number of hydrogen-bond acceptors (Lipinski definition) is 3. The Morgan fingerprint density at radius 3 is 2.68 bits per heavy atom. The summed E-state index contributed by atoms with van der Waals surface area (Å²) in [5, 5.41) is 0. The number of allylic oxidation sites excluding steroid dienone is 1. The lowest BCUT2D eigenvalue weighted by molar-refractivity contribution is -0.141. The van der Waals surface area contributed by atoms with E-state index < -0.39 is 0 Å².